The predicted octanol–water partition coefficient (Wildman–Crippen LogP) is -0.156. The number of ether oxygens (including phenoxy) is 1. The smallest absolute Gasteiger partial charge is 0.216 e. The first kappa shape index (κ1) is 13.4. The lowest BCUT2D eigenvalue weighted by atomic mass is 10.1. The third-order valence-electron chi connectivity index (χ3n) is 2.81. The minimum atomic E-state index is -0.175. The van der Waals surface area contributed by atoms with E-state index in [-0.39, 0.29) is 6.04 Å². The maximum Gasteiger partial charge on any atom is 0.216 e. The van der Waals surface area contributed by atoms with Crippen molar-refractivity contribution >= 4 is 0 Å². The van der Waals surface area contributed by atoms with Crippen molar-refractivity contribution in [1.29, 1.82) is 0 Å². The van der Waals surface area contributed by atoms with Gasteiger partial charge in [-0.2, -0.15) is 5.10 Å². The number of rotatable bonds is 6. The van der Waals surface area contributed by atoms with Crippen LogP contribution in [-0.4, -0.2) is 31.8 Å². The number of methoxy groups -OCH3 is 1. The second-order valence-corrected chi connectivity index (χ2v) is 3.90. The highest BCUT2D eigenvalue weighted by molar-refractivity contribution is 5.17. The van der Waals surface area contributed by atoms with E-state index in [4.69, 9.17) is 10.6 Å². The van der Waals surface area contributed by atoms with Crippen molar-refractivity contribution in [3.63, 3.8) is 0 Å². The first-order chi connectivity index (χ1) is 9.28. The molecular formula is C11H17N7O. The second kappa shape index (κ2) is 6.21. The average molecular weight is 263 g/mol. The number of aryl methyl sites for hydroxylation is 1. The van der Waals surface area contributed by atoms with Crippen molar-refractivity contribution < 1.29 is 4.74 Å². The van der Waals surface area contributed by atoms with Gasteiger partial charge in [0, 0.05) is 19.0 Å². The second-order valence-electron chi connectivity index (χ2n) is 3.90. The SMILES string of the molecule is CCn1ncnc1CC(NN)c1cc(OC)ncn1. The fraction of sp³-hybridized carbons (Fsp3) is 0.455. The van der Waals surface area contributed by atoms with Gasteiger partial charge in [-0.25, -0.2) is 15.0 Å². The van der Waals surface area contributed by atoms with E-state index >= 15 is 0 Å². The Bertz CT molecular complexity index is 527. The molecule has 0 spiro atoms. The van der Waals surface area contributed by atoms with Gasteiger partial charge in [-0.1, -0.05) is 0 Å². The molecule has 0 aliphatic heterocycles. The van der Waals surface area contributed by atoms with E-state index in [9.17, 15) is 0 Å². The van der Waals surface area contributed by atoms with Gasteiger partial charge in [-0.15, -0.1) is 0 Å². The van der Waals surface area contributed by atoms with Gasteiger partial charge in [0.2, 0.25) is 5.88 Å². The molecule has 8 nitrogen and oxygen atoms in total. The van der Waals surface area contributed by atoms with E-state index in [1.165, 1.54) is 12.7 Å². The Morgan fingerprint density at radius 3 is 2.89 bits per heavy atom. The van der Waals surface area contributed by atoms with E-state index in [1.54, 1.807) is 13.2 Å². The molecule has 0 aromatic carbocycles. The standard InChI is InChI=1S/C11H17N7O/c1-3-18-10(14-7-16-18)4-9(17-12)8-5-11(19-2)15-6-13-8/h5-7,9,17H,3-4,12H2,1-2H3. The molecule has 2 heterocycles. The van der Waals surface area contributed by atoms with Crippen LogP contribution in [0.25, 0.3) is 0 Å². The number of hydrazine groups is 1. The molecule has 2 aromatic rings. The van der Waals surface area contributed by atoms with Crippen LogP contribution in [0.3, 0.4) is 0 Å². The molecule has 8 heteroatoms. The number of aromatic nitrogens is 5. The predicted molar refractivity (Wildman–Crippen MR) is 68.0 cm³/mol. The number of nitrogens with two attached hydrogens (primary N) is 1. The van der Waals surface area contributed by atoms with E-state index in [2.05, 4.69) is 25.5 Å². The molecule has 0 amide bonds. The summed E-state index contributed by atoms with van der Waals surface area (Å²) in [6.07, 6.45) is 3.57. The molecule has 0 aliphatic rings. The third kappa shape index (κ3) is 3.04. The summed E-state index contributed by atoms with van der Waals surface area (Å²) in [6, 6.07) is 1.57. The van der Waals surface area contributed by atoms with Gasteiger partial charge >= 0.3 is 0 Å². The summed E-state index contributed by atoms with van der Waals surface area (Å²) >= 11 is 0. The van der Waals surface area contributed by atoms with Crippen LogP contribution in [0, 0.1) is 0 Å². The Hall–Kier alpha value is -2.06. The highest BCUT2D eigenvalue weighted by Gasteiger charge is 2.16. The maximum atomic E-state index is 5.60. The van der Waals surface area contributed by atoms with E-state index in [0.29, 0.717) is 12.3 Å². The summed E-state index contributed by atoms with van der Waals surface area (Å²) in [5, 5.41) is 4.13. The summed E-state index contributed by atoms with van der Waals surface area (Å²) in [6.45, 7) is 2.77. The van der Waals surface area contributed by atoms with Crippen LogP contribution in [0.5, 0.6) is 5.88 Å². The number of hydrogen-bond acceptors (Lipinski definition) is 7. The minimum Gasteiger partial charge on any atom is -0.481 e. The third-order valence-corrected chi connectivity index (χ3v) is 2.81. The normalized spacial score (nSPS) is 12.4. The van der Waals surface area contributed by atoms with Crippen molar-refractivity contribution in [2.45, 2.75) is 25.9 Å². The minimum absolute atomic E-state index is 0.175. The first-order valence-electron chi connectivity index (χ1n) is 5.97. The number of nitrogens with one attached hydrogen (secondary N) is 1. The lowest BCUT2D eigenvalue weighted by Gasteiger charge is -2.15. The Labute approximate surface area is 111 Å². The molecule has 0 saturated heterocycles. The molecule has 102 valence electrons. The van der Waals surface area contributed by atoms with Crippen molar-refractivity contribution in [2.24, 2.45) is 5.84 Å². The molecular weight excluding hydrogens is 246 g/mol. The number of nitrogens with zero attached hydrogens (tertiary/aromatic N) is 5. The van der Waals surface area contributed by atoms with Crippen LogP contribution < -0.4 is 16.0 Å². The van der Waals surface area contributed by atoms with Crippen LogP contribution in [0.4, 0.5) is 0 Å². The largest absolute Gasteiger partial charge is 0.481 e. The number of hydrogen-bond donors (Lipinski definition) is 2. The fourth-order valence-corrected chi connectivity index (χ4v) is 1.80. The van der Waals surface area contributed by atoms with Crippen molar-refractivity contribution in [2.75, 3.05) is 7.11 Å². The zero-order valence-electron chi connectivity index (χ0n) is 10.9. The Morgan fingerprint density at radius 1 is 1.37 bits per heavy atom. The van der Waals surface area contributed by atoms with E-state index in [0.717, 1.165) is 18.1 Å². The van der Waals surface area contributed by atoms with Gasteiger partial charge in [0.05, 0.1) is 18.8 Å². The Morgan fingerprint density at radius 2 is 2.21 bits per heavy atom. The molecule has 1 atom stereocenters. The lowest BCUT2D eigenvalue weighted by Crippen LogP contribution is -2.31. The Kier molecular flexibility index (Phi) is 4.37. The van der Waals surface area contributed by atoms with Crippen LogP contribution in [-0.2, 0) is 13.0 Å². The molecule has 2 aromatic heterocycles. The highest BCUT2D eigenvalue weighted by Crippen LogP contribution is 2.17. The molecule has 1 unspecified atom stereocenters. The van der Waals surface area contributed by atoms with Gasteiger partial charge in [-0.3, -0.25) is 16.0 Å². The maximum absolute atomic E-state index is 5.60. The average Bonchev–Trinajstić information content (AvgIpc) is 2.92. The molecule has 3 N–H and O–H groups in total. The summed E-state index contributed by atoms with van der Waals surface area (Å²) in [5.41, 5.74) is 3.48. The summed E-state index contributed by atoms with van der Waals surface area (Å²) in [7, 11) is 1.56. The van der Waals surface area contributed by atoms with Crippen LogP contribution >= 0.6 is 0 Å². The Balaban J connectivity index is 2.20. The van der Waals surface area contributed by atoms with Gasteiger partial charge in [-0.05, 0) is 6.92 Å². The van der Waals surface area contributed by atoms with Gasteiger partial charge in [0.25, 0.3) is 0 Å². The van der Waals surface area contributed by atoms with Crippen LogP contribution in [0.2, 0.25) is 0 Å². The molecule has 19 heavy (non-hydrogen) atoms. The van der Waals surface area contributed by atoms with Crippen LogP contribution in [0.1, 0.15) is 24.5 Å². The zero-order chi connectivity index (χ0) is 13.7. The van der Waals surface area contributed by atoms with Gasteiger partial charge < -0.3 is 4.74 Å². The fourth-order valence-electron chi connectivity index (χ4n) is 1.80. The highest BCUT2D eigenvalue weighted by atomic mass is 16.5. The van der Waals surface area contributed by atoms with Crippen molar-refractivity contribution in [3.8, 4) is 5.88 Å². The molecule has 0 fully saturated rings. The lowest BCUT2D eigenvalue weighted by molar-refractivity contribution is 0.393. The topological polar surface area (TPSA) is 104 Å². The summed E-state index contributed by atoms with van der Waals surface area (Å²) in [5.74, 6) is 6.95. The van der Waals surface area contributed by atoms with Gasteiger partial charge in [0.15, 0.2) is 0 Å². The summed E-state index contributed by atoms with van der Waals surface area (Å²) < 4.78 is 6.90. The molecule has 0 radical (unpaired) electrons. The zero-order valence-corrected chi connectivity index (χ0v) is 10.9. The molecule has 2 rings (SSSR count). The first-order valence-corrected chi connectivity index (χ1v) is 5.97. The van der Waals surface area contributed by atoms with E-state index in [1.807, 2.05) is 11.6 Å². The van der Waals surface area contributed by atoms with Crippen molar-refractivity contribution in [3.05, 3.63) is 30.2 Å². The van der Waals surface area contributed by atoms with Gasteiger partial charge in [0.1, 0.15) is 18.5 Å². The van der Waals surface area contributed by atoms with Crippen molar-refractivity contribution in [1.82, 2.24) is 30.2 Å². The van der Waals surface area contributed by atoms with Crippen LogP contribution in [0.15, 0.2) is 18.7 Å². The summed E-state index contributed by atoms with van der Waals surface area (Å²) in [4.78, 5) is 12.4. The molecule has 0 saturated carbocycles. The quantitative estimate of drug-likeness (QED) is 0.551. The van der Waals surface area contributed by atoms with E-state index < -0.39 is 0 Å². The molecule has 0 aliphatic carbocycles. The monoisotopic (exact) mass is 263 g/mol. The molecule has 0 bridgehead atoms.